The number of nitrogens with one attached hydrogen (secondary N) is 1. The number of ketones is 1. The summed E-state index contributed by atoms with van der Waals surface area (Å²) in [6, 6.07) is 20.5. The van der Waals surface area contributed by atoms with Crippen LogP contribution >= 0.6 is 11.6 Å². The molecule has 3 rings (SSSR count). The maximum Gasteiger partial charge on any atom is 0.313 e. The van der Waals surface area contributed by atoms with Crippen LogP contribution in [0.4, 0.5) is 11.4 Å². The van der Waals surface area contributed by atoms with Gasteiger partial charge in [-0.15, -0.1) is 0 Å². The molecule has 0 fully saturated rings. The molecular weight excluding hydrogens is 434 g/mol. The Morgan fingerprint density at radius 2 is 1.70 bits per heavy atom. The Kier molecular flexibility index (Phi) is 8.67. The number of carbonyl (C=O) groups is 2. The molecular formula is C28H30ClNO3. The van der Waals surface area contributed by atoms with E-state index in [1.165, 1.54) is 0 Å². The summed E-state index contributed by atoms with van der Waals surface area (Å²) in [5, 5.41) is 3.75. The third kappa shape index (κ3) is 6.02. The monoisotopic (exact) mass is 463 g/mol. The van der Waals surface area contributed by atoms with Gasteiger partial charge in [0.25, 0.3) is 0 Å². The number of rotatable bonds is 10. The number of carbonyl (C=O) groups excluding carboxylic acids is 2. The van der Waals surface area contributed by atoms with E-state index in [2.05, 4.69) is 12.2 Å². The molecule has 172 valence electrons. The van der Waals surface area contributed by atoms with Crippen molar-refractivity contribution in [3.05, 3.63) is 94.0 Å². The summed E-state index contributed by atoms with van der Waals surface area (Å²) in [5.74, 6) is -0.657. The molecule has 5 heteroatoms. The van der Waals surface area contributed by atoms with E-state index in [-0.39, 0.29) is 17.7 Å². The lowest BCUT2D eigenvalue weighted by Crippen LogP contribution is -2.17. The van der Waals surface area contributed by atoms with Crippen LogP contribution in [-0.4, -0.2) is 18.4 Å². The SMILES string of the molecule is CCCCC(C(=O)OCC)c1ccccc1Nc1ccc(C(=O)c2ccccc2C)c(Cl)c1. The van der Waals surface area contributed by atoms with Gasteiger partial charge in [0, 0.05) is 22.5 Å². The lowest BCUT2D eigenvalue weighted by molar-refractivity contribution is -0.145. The molecule has 3 aromatic rings. The van der Waals surface area contributed by atoms with Crippen LogP contribution in [0.25, 0.3) is 0 Å². The van der Waals surface area contributed by atoms with Crippen molar-refractivity contribution in [3.63, 3.8) is 0 Å². The van der Waals surface area contributed by atoms with E-state index in [1.807, 2.05) is 68.4 Å². The smallest absolute Gasteiger partial charge is 0.313 e. The zero-order valence-electron chi connectivity index (χ0n) is 19.4. The van der Waals surface area contributed by atoms with Gasteiger partial charge >= 0.3 is 5.97 Å². The van der Waals surface area contributed by atoms with E-state index < -0.39 is 0 Å². The Labute approximate surface area is 200 Å². The molecule has 0 saturated heterocycles. The predicted molar refractivity (Wildman–Crippen MR) is 135 cm³/mol. The second-order valence-electron chi connectivity index (χ2n) is 8.00. The van der Waals surface area contributed by atoms with Crippen molar-refractivity contribution in [2.45, 2.75) is 46.0 Å². The zero-order valence-corrected chi connectivity index (χ0v) is 20.1. The van der Waals surface area contributed by atoms with Gasteiger partial charge in [0.1, 0.15) is 0 Å². The topological polar surface area (TPSA) is 55.4 Å². The number of hydrogen-bond donors (Lipinski definition) is 1. The van der Waals surface area contributed by atoms with Crippen LogP contribution in [-0.2, 0) is 9.53 Å². The van der Waals surface area contributed by atoms with Crippen LogP contribution in [0.2, 0.25) is 5.02 Å². The molecule has 0 spiro atoms. The number of benzene rings is 3. The minimum absolute atomic E-state index is 0.105. The van der Waals surface area contributed by atoms with Gasteiger partial charge in [0.05, 0.1) is 17.5 Å². The summed E-state index contributed by atoms with van der Waals surface area (Å²) >= 11 is 6.52. The average molecular weight is 464 g/mol. The standard InChI is InChI=1S/C28H30ClNO3/c1-4-6-12-23(28(32)33-5-2)22-14-9-10-15-26(22)30-20-16-17-24(25(29)18-20)27(31)21-13-8-7-11-19(21)3/h7-11,13-18,23,30H,4-6,12H2,1-3H3. The number of para-hydroxylation sites is 1. The number of hydrogen-bond acceptors (Lipinski definition) is 4. The van der Waals surface area contributed by atoms with Crippen LogP contribution in [0.1, 0.15) is 66.1 Å². The van der Waals surface area contributed by atoms with Crippen LogP contribution in [0.5, 0.6) is 0 Å². The summed E-state index contributed by atoms with van der Waals surface area (Å²) in [7, 11) is 0. The largest absolute Gasteiger partial charge is 0.466 e. The van der Waals surface area contributed by atoms with Gasteiger partial charge in [0.15, 0.2) is 5.78 Å². The van der Waals surface area contributed by atoms with Crippen molar-refractivity contribution in [3.8, 4) is 0 Å². The molecule has 0 aliphatic carbocycles. The molecule has 0 aromatic heterocycles. The molecule has 1 atom stereocenters. The molecule has 3 aromatic carbocycles. The second kappa shape index (κ2) is 11.7. The zero-order chi connectivity index (χ0) is 23.8. The molecule has 0 aliphatic rings. The Morgan fingerprint density at radius 3 is 2.39 bits per heavy atom. The number of esters is 1. The first-order valence-corrected chi connectivity index (χ1v) is 11.8. The summed E-state index contributed by atoms with van der Waals surface area (Å²) in [6.07, 6.45) is 2.65. The highest BCUT2D eigenvalue weighted by Crippen LogP contribution is 2.33. The Hall–Kier alpha value is -3.11. The first-order chi connectivity index (χ1) is 16.0. The van der Waals surface area contributed by atoms with Crippen LogP contribution in [0.3, 0.4) is 0 Å². The number of halogens is 1. The summed E-state index contributed by atoms with van der Waals surface area (Å²) in [5.41, 5.74) is 4.45. The van der Waals surface area contributed by atoms with Crippen molar-refractivity contribution in [2.24, 2.45) is 0 Å². The van der Waals surface area contributed by atoms with Gasteiger partial charge in [-0.05, 0) is 55.7 Å². The van der Waals surface area contributed by atoms with Gasteiger partial charge < -0.3 is 10.1 Å². The van der Waals surface area contributed by atoms with Crippen molar-refractivity contribution in [2.75, 3.05) is 11.9 Å². The number of aryl methyl sites for hydroxylation is 1. The van der Waals surface area contributed by atoms with E-state index in [1.54, 1.807) is 12.1 Å². The second-order valence-corrected chi connectivity index (χ2v) is 8.40. The molecule has 0 amide bonds. The van der Waals surface area contributed by atoms with E-state index in [9.17, 15) is 9.59 Å². The van der Waals surface area contributed by atoms with Gasteiger partial charge in [-0.2, -0.15) is 0 Å². The first kappa shape index (κ1) is 24.5. The van der Waals surface area contributed by atoms with Crippen molar-refractivity contribution in [1.29, 1.82) is 0 Å². The minimum Gasteiger partial charge on any atom is -0.466 e. The van der Waals surface area contributed by atoms with Gasteiger partial charge in [-0.1, -0.05) is 73.8 Å². The fourth-order valence-electron chi connectivity index (χ4n) is 3.87. The summed E-state index contributed by atoms with van der Waals surface area (Å²) in [4.78, 5) is 25.7. The number of ether oxygens (including phenoxy) is 1. The van der Waals surface area contributed by atoms with Crippen molar-refractivity contribution < 1.29 is 14.3 Å². The summed E-state index contributed by atoms with van der Waals surface area (Å²) < 4.78 is 5.35. The molecule has 0 aliphatic heterocycles. The Balaban J connectivity index is 1.88. The van der Waals surface area contributed by atoms with Crippen LogP contribution < -0.4 is 5.32 Å². The lowest BCUT2D eigenvalue weighted by Gasteiger charge is -2.20. The summed E-state index contributed by atoms with van der Waals surface area (Å²) in [6.45, 7) is 6.18. The van der Waals surface area contributed by atoms with Gasteiger partial charge in [-0.25, -0.2) is 0 Å². The van der Waals surface area contributed by atoms with Crippen LogP contribution in [0.15, 0.2) is 66.7 Å². The third-order valence-corrected chi connectivity index (χ3v) is 5.95. The first-order valence-electron chi connectivity index (χ1n) is 11.4. The molecule has 0 radical (unpaired) electrons. The normalized spacial score (nSPS) is 11.6. The molecule has 0 heterocycles. The van der Waals surface area contributed by atoms with E-state index in [0.717, 1.165) is 41.8 Å². The molecule has 33 heavy (non-hydrogen) atoms. The predicted octanol–water partition coefficient (Wildman–Crippen LogP) is 7.46. The van der Waals surface area contributed by atoms with Crippen molar-refractivity contribution in [1.82, 2.24) is 0 Å². The minimum atomic E-state index is -0.342. The highest BCUT2D eigenvalue weighted by atomic mass is 35.5. The highest BCUT2D eigenvalue weighted by Gasteiger charge is 2.24. The molecule has 0 saturated carbocycles. The van der Waals surface area contributed by atoms with Gasteiger partial charge in [-0.3, -0.25) is 9.59 Å². The molecule has 1 N–H and O–H groups in total. The third-order valence-electron chi connectivity index (χ3n) is 5.64. The molecule has 1 unspecified atom stereocenters. The lowest BCUT2D eigenvalue weighted by atomic mass is 9.92. The van der Waals surface area contributed by atoms with Crippen molar-refractivity contribution >= 4 is 34.7 Å². The quantitative estimate of drug-likeness (QED) is 0.250. The maximum atomic E-state index is 13.0. The van der Waals surface area contributed by atoms with E-state index in [4.69, 9.17) is 16.3 Å². The highest BCUT2D eigenvalue weighted by molar-refractivity contribution is 6.35. The molecule has 4 nitrogen and oxygen atoms in total. The maximum absolute atomic E-state index is 13.0. The van der Waals surface area contributed by atoms with E-state index >= 15 is 0 Å². The van der Waals surface area contributed by atoms with E-state index in [0.29, 0.717) is 22.8 Å². The number of anilines is 2. The average Bonchev–Trinajstić information content (AvgIpc) is 2.80. The Morgan fingerprint density at radius 1 is 0.970 bits per heavy atom. The Bertz CT molecular complexity index is 1130. The fourth-order valence-corrected chi connectivity index (χ4v) is 4.14. The molecule has 0 bridgehead atoms. The fraction of sp³-hybridized carbons (Fsp3) is 0.286. The van der Waals surface area contributed by atoms with Gasteiger partial charge in [0.2, 0.25) is 0 Å². The van der Waals surface area contributed by atoms with Crippen LogP contribution in [0, 0.1) is 6.92 Å². The number of unbranched alkanes of at least 4 members (excludes halogenated alkanes) is 1.